The molecule has 0 bridgehead atoms. The molecular weight excluding hydrogens is 356 g/mol. The molecule has 1 aliphatic rings. The third-order valence-electron chi connectivity index (χ3n) is 3.87. The van der Waals surface area contributed by atoms with E-state index in [4.69, 9.17) is 4.74 Å². The Morgan fingerprint density at radius 2 is 1.96 bits per heavy atom. The first-order valence-electron chi connectivity index (χ1n) is 8.28. The van der Waals surface area contributed by atoms with Gasteiger partial charge >= 0.3 is 6.09 Å². The van der Waals surface area contributed by atoms with E-state index in [9.17, 15) is 13.2 Å². The number of anilines is 1. The smallest absolute Gasteiger partial charge is 0.410 e. The van der Waals surface area contributed by atoms with Gasteiger partial charge in [0.15, 0.2) is 5.82 Å². The number of H-pyrrole nitrogens is 1. The molecule has 0 aliphatic carbocycles. The molecule has 1 aliphatic heterocycles. The predicted octanol–water partition coefficient (Wildman–Crippen LogP) is 2.50. The number of nitrogens with one attached hydrogen (secondary N) is 2. The summed E-state index contributed by atoms with van der Waals surface area (Å²) in [6, 6.07) is 8.11. The predicted molar refractivity (Wildman–Crippen MR) is 96.2 cm³/mol. The lowest BCUT2D eigenvalue weighted by atomic mass is 10.1. The second-order valence-electron chi connectivity index (χ2n) is 7.10. The van der Waals surface area contributed by atoms with E-state index in [1.165, 1.54) is 12.1 Å². The molecule has 2 aromatic rings. The van der Waals surface area contributed by atoms with Crippen molar-refractivity contribution in [1.82, 2.24) is 15.1 Å². The third kappa shape index (κ3) is 3.98. The Morgan fingerprint density at radius 3 is 2.62 bits per heavy atom. The minimum Gasteiger partial charge on any atom is -0.444 e. The van der Waals surface area contributed by atoms with E-state index in [0.717, 1.165) is 5.56 Å². The van der Waals surface area contributed by atoms with Gasteiger partial charge in [-0.1, -0.05) is 18.2 Å². The lowest BCUT2D eigenvalue weighted by Gasteiger charge is -2.29. The number of carbonyl (C=O) groups is 1. The van der Waals surface area contributed by atoms with Gasteiger partial charge in [0.2, 0.25) is 0 Å². The Morgan fingerprint density at radius 1 is 1.27 bits per heavy atom. The molecule has 8 nitrogen and oxygen atoms in total. The summed E-state index contributed by atoms with van der Waals surface area (Å²) in [5.74, 6) is 0.271. The van der Waals surface area contributed by atoms with Crippen molar-refractivity contribution in [2.45, 2.75) is 44.2 Å². The molecule has 0 spiro atoms. The standard InChI is InChI=1S/C17H22N4O4S/c1-17(2,3)25-16(22)21-10-9-13-14(11-21)18-19-15(13)20-26(23,24)12-7-5-4-6-8-12/h4-8H,9-11H2,1-3H3,(H2,18,19,20). The van der Waals surface area contributed by atoms with Crippen LogP contribution in [-0.2, 0) is 27.7 Å². The molecule has 1 amide bonds. The van der Waals surface area contributed by atoms with Crippen molar-refractivity contribution in [2.24, 2.45) is 0 Å². The van der Waals surface area contributed by atoms with E-state index in [1.807, 2.05) is 20.8 Å². The van der Waals surface area contributed by atoms with Crippen molar-refractivity contribution in [2.75, 3.05) is 11.3 Å². The van der Waals surface area contributed by atoms with Crippen LogP contribution in [0.15, 0.2) is 35.2 Å². The zero-order valence-corrected chi connectivity index (χ0v) is 15.8. The number of nitrogens with zero attached hydrogens (tertiary/aromatic N) is 2. The lowest BCUT2D eigenvalue weighted by Crippen LogP contribution is -2.39. The van der Waals surface area contributed by atoms with Crippen LogP contribution in [0.2, 0.25) is 0 Å². The first kappa shape index (κ1) is 18.2. The number of carbonyl (C=O) groups excluding carboxylic acids is 1. The van der Waals surface area contributed by atoms with Crippen molar-refractivity contribution < 1.29 is 17.9 Å². The molecule has 0 unspecified atom stereocenters. The van der Waals surface area contributed by atoms with Gasteiger partial charge in [0.1, 0.15) is 5.60 Å². The summed E-state index contributed by atoms with van der Waals surface area (Å²) in [4.78, 5) is 13.9. The van der Waals surface area contributed by atoms with Gasteiger partial charge in [-0.25, -0.2) is 13.2 Å². The van der Waals surface area contributed by atoms with Gasteiger partial charge in [-0.05, 0) is 39.3 Å². The van der Waals surface area contributed by atoms with Crippen LogP contribution < -0.4 is 4.72 Å². The molecule has 140 valence electrons. The van der Waals surface area contributed by atoms with E-state index in [-0.39, 0.29) is 10.7 Å². The fourth-order valence-electron chi connectivity index (χ4n) is 2.67. The highest BCUT2D eigenvalue weighted by molar-refractivity contribution is 7.92. The van der Waals surface area contributed by atoms with Crippen molar-refractivity contribution in [3.63, 3.8) is 0 Å². The molecule has 0 saturated carbocycles. The molecular formula is C17H22N4O4S. The van der Waals surface area contributed by atoms with Crippen LogP contribution in [-0.4, -0.2) is 41.8 Å². The zero-order chi connectivity index (χ0) is 18.9. The number of ether oxygens (including phenoxy) is 1. The molecule has 1 aromatic heterocycles. The largest absolute Gasteiger partial charge is 0.444 e. The molecule has 3 rings (SSSR count). The summed E-state index contributed by atoms with van der Waals surface area (Å²) < 4.78 is 32.8. The molecule has 9 heteroatoms. The Labute approximate surface area is 152 Å². The van der Waals surface area contributed by atoms with Crippen LogP contribution >= 0.6 is 0 Å². The minimum absolute atomic E-state index is 0.169. The topological polar surface area (TPSA) is 104 Å². The van der Waals surface area contributed by atoms with Gasteiger partial charge in [0.05, 0.1) is 17.1 Å². The fraction of sp³-hybridized carbons (Fsp3) is 0.412. The maximum Gasteiger partial charge on any atom is 0.410 e. The van der Waals surface area contributed by atoms with Crippen LogP contribution in [0.4, 0.5) is 10.6 Å². The van der Waals surface area contributed by atoms with Gasteiger partial charge < -0.3 is 9.64 Å². The number of aromatic amines is 1. The Hall–Kier alpha value is -2.55. The number of hydrogen-bond donors (Lipinski definition) is 2. The molecule has 2 heterocycles. The molecule has 0 saturated heterocycles. The van der Waals surface area contributed by atoms with E-state index in [0.29, 0.717) is 25.2 Å². The van der Waals surface area contributed by atoms with Crippen molar-refractivity contribution in [3.8, 4) is 0 Å². The minimum atomic E-state index is -3.71. The summed E-state index contributed by atoms with van der Waals surface area (Å²) in [6.07, 6.45) is 0.0849. The van der Waals surface area contributed by atoms with Gasteiger partial charge in [-0.2, -0.15) is 5.10 Å². The Balaban J connectivity index is 1.75. The van der Waals surface area contributed by atoms with E-state index in [2.05, 4.69) is 14.9 Å². The number of hydrogen-bond acceptors (Lipinski definition) is 5. The van der Waals surface area contributed by atoms with E-state index < -0.39 is 21.7 Å². The lowest BCUT2D eigenvalue weighted by molar-refractivity contribution is 0.0221. The van der Waals surface area contributed by atoms with E-state index in [1.54, 1.807) is 23.1 Å². The van der Waals surface area contributed by atoms with Crippen LogP contribution in [0, 0.1) is 0 Å². The van der Waals surface area contributed by atoms with Crippen molar-refractivity contribution in [3.05, 3.63) is 41.6 Å². The van der Waals surface area contributed by atoms with Gasteiger partial charge in [0, 0.05) is 12.1 Å². The second kappa shape index (κ2) is 6.64. The highest BCUT2D eigenvalue weighted by Gasteiger charge is 2.29. The molecule has 2 N–H and O–H groups in total. The number of fused-ring (bicyclic) bond motifs is 1. The van der Waals surface area contributed by atoms with Gasteiger partial charge in [0.25, 0.3) is 10.0 Å². The maximum atomic E-state index is 12.5. The number of rotatable bonds is 3. The Kier molecular flexibility index (Phi) is 4.66. The third-order valence-corrected chi connectivity index (χ3v) is 5.22. The van der Waals surface area contributed by atoms with Crippen molar-refractivity contribution >= 4 is 21.9 Å². The molecule has 0 fully saturated rings. The summed E-state index contributed by atoms with van der Waals surface area (Å²) in [7, 11) is -3.71. The van der Waals surface area contributed by atoms with Gasteiger partial charge in [-0.15, -0.1) is 0 Å². The SMILES string of the molecule is CC(C)(C)OC(=O)N1CCc2c(NS(=O)(=O)c3ccccc3)n[nH]c2C1. The number of amides is 1. The normalized spacial score (nSPS) is 14.7. The monoisotopic (exact) mass is 378 g/mol. The molecule has 0 radical (unpaired) electrons. The average molecular weight is 378 g/mol. The van der Waals surface area contributed by atoms with E-state index >= 15 is 0 Å². The van der Waals surface area contributed by atoms with Gasteiger partial charge in [-0.3, -0.25) is 9.82 Å². The van der Waals surface area contributed by atoms with Crippen molar-refractivity contribution in [1.29, 1.82) is 0 Å². The summed E-state index contributed by atoms with van der Waals surface area (Å²) in [5, 5.41) is 6.90. The highest BCUT2D eigenvalue weighted by atomic mass is 32.2. The first-order chi connectivity index (χ1) is 12.2. The number of benzene rings is 1. The van der Waals surface area contributed by atoms with Crippen LogP contribution in [0.3, 0.4) is 0 Å². The summed E-state index contributed by atoms with van der Waals surface area (Å²) in [5.41, 5.74) is 0.902. The molecule has 26 heavy (non-hydrogen) atoms. The zero-order valence-electron chi connectivity index (χ0n) is 14.9. The Bertz CT molecular complexity index is 901. The maximum absolute atomic E-state index is 12.5. The second-order valence-corrected chi connectivity index (χ2v) is 8.78. The summed E-state index contributed by atoms with van der Waals surface area (Å²) >= 11 is 0. The summed E-state index contributed by atoms with van der Waals surface area (Å²) in [6.45, 7) is 6.17. The quantitative estimate of drug-likeness (QED) is 0.854. The number of aromatic nitrogens is 2. The number of sulfonamides is 1. The average Bonchev–Trinajstić information content (AvgIpc) is 2.96. The van der Waals surface area contributed by atoms with Crippen LogP contribution in [0.25, 0.3) is 0 Å². The highest BCUT2D eigenvalue weighted by Crippen LogP contribution is 2.26. The fourth-order valence-corrected chi connectivity index (χ4v) is 3.73. The van der Waals surface area contributed by atoms with Crippen LogP contribution in [0.1, 0.15) is 32.0 Å². The molecule has 0 atom stereocenters. The first-order valence-corrected chi connectivity index (χ1v) is 9.76. The van der Waals surface area contributed by atoms with Crippen LogP contribution in [0.5, 0.6) is 0 Å². The molecule has 1 aromatic carbocycles.